The second kappa shape index (κ2) is 4.64. The van der Waals surface area contributed by atoms with Crippen LogP contribution in [0, 0.1) is 0 Å². The Morgan fingerprint density at radius 2 is 1.95 bits per heavy atom. The van der Waals surface area contributed by atoms with Crippen molar-refractivity contribution in [2.45, 2.75) is 45.1 Å². The predicted molar refractivity (Wildman–Crippen MR) is 82.6 cm³/mol. The number of benzene rings is 2. The maximum absolute atomic E-state index is 3.71. The van der Waals surface area contributed by atoms with E-state index in [4.69, 9.17) is 0 Å². The summed E-state index contributed by atoms with van der Waals surface area (Å²) in [6.45, 7) is 8.10. The van der Waals surface area contributed by atoms with E-state index in [1.165, 1.54) is 29.2 Å². The highest BCUT2D eigenvalue weighted by atomic mass is 14.9. The van der Waals surface area contributed by atoms with Gasteiger partial charge < -0.3 is 5.32 Å². The molecule has 0 fully saturated rings. The maximum Gasteiger partial charge on any atom is 0.0331 e. The standard InChI is InChI=1S/C18H23N/c1-4-11-19-16-12-18(2,3)17-14-8-6-5-7-13(14)9-10-15(16)17/h5-10,16,19H,4,11-12H2,1-3H3. The minimum absolute atomic E-state index is 0.265. The van der Waals surface area contributed by atoms with E-state index in [1.807, 2.05) is 0 Å². The van der Waals surface area contributed by atoms with Gasteiger partial charge in [0, 0.05) is 6.04 Å². The Morgan fingerprint density at radius 1 is 1.16 bits per heavy atom. The summed E-state index contributed by atoms with van der Waals surface area (Å²) in [6, 6.07) is 13.9. The second-order valence-electron chi connectivity index (χ2n) is 6.35. The fourth-order valence-electron chi connectivity index (χ4n) is 3.56. The van der Waals surface area contributed by atoms with Crippen molar-refractivity contribution in [2.24, 2.45) is 0 Å². The molecule has 3 rings (SSSR count). The topological polar surface area (TPSA) is 12.0 Å². The van der Waals surface area contributed by atoms with Crippen LogP contribution < -0.4 is 5.32 Å². The second-order valence-corrected chi connectivity index (χ2v) is 6.35. The first-order valence-corrected chi connectivity index (χ1v) is 7.39. The lowest BCUT2D eigenvalue weighted by molar-refractivity contribution is 0.428. The van der Waals surface area contributed by atoms with E-state index in [2.05, 4.69) is 62.5 Å². The number of nitrogens with one attached hydrogen (secondary N) is 1. The summed E-state index contributed by atoms with van der Waals surface area (Å²) in [7, 11) is 0. The molecule has 0 aliphatic heterocycles. The molecule has 1 atom stereocenters. The van der Waals surface area contributed by atoms with Crippen LogP contribution in [0.5, 0.6) is 0 Å². The van der Waals surface area contributed by atoms with Gasteiger partial charge in [0.05, 0.1) is 0 Å². The van der Waals surface area contributed by atoms with Crippen LogP contribution in [0.3, 0.4) is 0 Å². The third-order valence-corrected chi connectivity index (χ3v) is 4.37. The van der Waals surface area contributed by atoms with Crippen molar-refractivity contribution in [2.75, 3.05) is 6.54 Å². The molecule has 1 N–H and O–H groups in total. The van der Waals surface area contributed by atoms with Gasteiger partial charge in [0.25, 0.3) is 0 Å². The van der Waals surface area contributed by atoms with Gasteiger partial charge in [0.1, 0.15) is 0 Å². The molecular weight excluding hydrogens is 230 g/mol. The van der Waals surface area contributed by atoms with E-state index in [1.54, 1.807) is 5.56 Å². The molecule has 1 aliphatic carbocycles. The summed E-state index contributed by atoms with van der Waals surface area (Å²) in [6.07, 6.45) is 2.40. The van der Waals surface area contributed by atoms with E-state index < -0.39 is 0 Å². The first-order valence-electron chi connectivity index (χ1n) is 7.39. The highest BCUT2D eigenvalue weighted by Gasteiger charge is 2.37. The zero-order valence-corrected chi connectivity index (χ0v) is 12.2. The van der Waals surface area contributed by atoms with Gasteiger partial charge in [0.15, 0.2) is 0 Å². The number of fused-ring (bicyclic) bond motifs is 3. The van der Waals surface area contributed by atoms with Crippen LogP contribution in [0.15, 0.2) is 36.4 Å². The zero-order chi connectivity index (χ0) is 13.5. The first-order chi connectivity index (χ1) is 9.13. The monoisotopic (exact) mass is 253 g/mol. The van der Waals surface area contributed by atoms with Gasteiger partial charge in [-0.05, 0) is 46.7 Å². The van der Waals surface area contributed by atoms with Crippen molar-refractivity contribution in [3.8, 4) is 0 Å². The summed E-state index contributed by atoms with van der Waals surface area (Å²) < 4.78 is 0. The van der Waals surface area contributed by atoms with E-state index in [0.29, 0.717) is 6.04 Å². The molecule has 100 valence electrons. The summed E-state index contributed by atoms with van der Waals surface area (Å²) in [5.41, 5.74) is 3.33. The smallest absolute Gasteiger partial charge is 0.0331 e. The van der Waals surface area contributed by atoms with Crippen molar-refractivity contribution in [3.63, 3.8) is 0 Å². The van der Waals surface area contributed by atoms with E-state index in [0.717, 1.165) is 6.54 Å². The fourth-order valence-corrected chi connectivity index (χ4v) is 3.56. The Kier molecular flexibility index (Phi) is 3.10. The lowest BCUT2D eigenvalue weighted by Crippen LogP contribution is -2.22. The van der Waals surface area contributed by atoms with Crippen molar-refractivity contribution in [1.82, 2.24) is 5.32 Å². The molecule has 1 nitrogen and oxygen atoms in total. The molecule has 0 saturated heterocycles. The van der Waals surface area contributed by atoms with Crippen LogP contribution in [-0.2, 0) is 5.41 Å². The van der Waals surface area contributed by atoms with Crippen LogP contribution >= 0.6 is 0 Å². The van der Waals surface area contributed by atoms with Gasteiger partial charge in [-0.3, -0.25) is 0 Å². The Balaban J connectivity index is 2.15. The summed E-state index contributed by atoms with van der Waals surface area (Å²) >= 11 is 0. The maximum atomic E-state index is 3.71. The molecule has 1 heteroatoms. The van der Waals surface area contributed by atoms with Gasteiger partial charge in [-0.25, -0.2) is 0 Å². The van der Waals surface area contributed by atoms with Crippen LogP contribution in [-0.4, -0.2) is 6.54 Å². The molecule has 19 heavy (non-hydrogen) atoms. The number of hydrogen-bond acceptors (Lipinski definition) is 1. The van der Waals surface area contributed by atoms with Gasteiger partial charge in [-0.2, -0.15) is 0 Å². The Bertz CT molecular complexity index is 598. The van der Waals surface area contributed by atoms with Crippen molar-refractivity contribution in [1.29, 1.82) is 0 Å². The Labute approximate surface area is 116 Å². The van der Waals surface area contributed by atoms with Crippen LogP contribution in [0.2, 0.25) is 0 Å². The molecule has 1 unspecified atom stereocenters. The minimum atomic E-state index is 0.265. The SMILES string of the molecule is CCCNC1CC(C)(C)c2c1ccc1ccccc21. The zero-order valence-electron chi connectivity index (χ0n) is 12.2. The number of rotatable bonds is 3. The molecule has 0 amide bonds. The van der Waals surface area contributed by atoms with Crippen molar-refractivity contribution >= 4 is 10.8 Å². The number of hydrogen-bond donors (Lipinski definition) is 1. The van der Waals surface area contributed by atoms with Crippen LogP contribution in [0.25, 0.3) is 10.8 Å². The fraction of sp³-hybridized carbons (Fsp3) is 0.444. The van der Waals surface area contributed by atoms with Crippen molar-refractivity contribution < 1.29 is 0 Å². The van der Waals surface area contributed by atoms with E-state index >= 15 is 0 Å². The van der Waals surface area contributed by atoms with Crippen LogP contribution in [0.1, 0.15) is 50.8 Å². The molecule has 0 heterocycles. The summed E-state index contributed by atoms with van der Waals surface area (Å²) in [5.74, 6) is 0. The van der Waals surface area contributed by atoms with Crippen molar-refractivity contribution in [3.05, 3.63) is 47.5 Å². The molecule has 2 aromatic rings. The molecule has 0 bridgehead atoms. The highest BCUT2D eigenvalue weighted by molar-refractivity contribution is 5.88. The molecule has 0 saturated carbocycles. The van der Waals surface area contributed by atoms with E-state index in [9.17, 15) is 0 Å². The lowest BCUT2D eigenvalue weighted by atomic mass is 9.83. The van der Waals surface area contributed by atoms with Gasteiger partial charge in [0.2, 0.25) is 0 Å². The lowest BCUT2D eigenvalue weighted by Gasteiger charge is -2.21. The first kappa shape index (κ1) is 12.7. The average Bonchev–Trinajstić information content (AvgIpc) is 2.68. The third kappa shape index (κ3) is 2.06. The Hall–Kier alpha value is -1.34. The molecule has 1 aliphatic rings. The average molecular weight is 253 g/mol. The molecule has 0 aromatic heterocycles. The summed E-state index contributed by atoms with van der Waals surface area (Å²) in [5, 5.41) is 6.51. The molecule has 0 spiro atoms. The summed E-state index contributed by atoms with van der Waals surface area (Å²) in [4.78, 5) is 0. The highest BCUT2D eigenvalue weighted by Crippen LogP contribution is 2.47. The Morgan fingerprint density at radius 3 is 2.74 bits per heavy atom. The third-order valence-electron chi connectivity index (χ3n) is 4.37. The molecular formula is C18H23N. The van der Waals surface area contributed by atoms with Gasteiger partial charge in [-0.1, -0.05) is 57.2 Å². The van der Waals surface area contributed by atoms with Crippen LogP contribution in [0.4, 0.5) is 0 Å². The minimum Gasteiger partial charge on any atom is -0.310 e. The molecule has 0 radical (unpaired) electrons. The van der Waals surface area contributed by atoms with Gasteiger partial charge in [-0.15, -0.1) is 0 Å². The molecule has 2 aromatic carbocycles. The van der Waals surface area contributed by atoms with E-state index in [-0.39, 0.29) is 5.41 Å². The normalized spacial score (nSPS) is 20.7. The quantitative estimate of drug-likeness (QED) is 0.845. The largest absolute Gasteiger partial charge is 0.310 e. The predicted octanol–water partition coefficient (Wildman–Crippen LogP) is 4.56. The van der Waals surface area contributed by atoms with Gasteiger partial charge >= 0.3 is 0 Å².